The summed E-state index contributed by atoms with van der Waals surface area (Å²) in [6.07, 6.45) is 7.73. The fourth-order valence-electron chi connectivity index (χ4n) is 1.67. The Balaban J connectivity index is 2.48. The second-order valence-electron chi connectivity index (χ2n) is 3.59. The van der Waals surface area contributed by atoms with E-state index in [1.165, 1.54) is 0 Å². The second kappa shape index (κ2) is 4.77. The Kier molecular flexibility index (Phi) is 3.17. The minimum absolute atomic E-state index is 0.550. The molecule has 16 heavy (non-hydrogen) atoms. The van der Waals surface area contributed by atoms with E-state index in [9.17, 15) is 0 Å². The van der Waals surface area contributed by atoms with E-state index in [-0.39, 0.29) is 0 Å². The van der Waals surface area contributed by atoms with Crippen LogP contribution in [-0.4, -0.2) is 16.1 Å². The van der Waals surface area contributed by atoms with Crippen molar-refractivity contribution in [1.82, 2.24) is 9.55 Å². The SMILES string of the molecule is Cn1ccnc1-c1ccccc1/C=C/CN. The Morgan fingerprint density at radius 1 is 1.38 bits per heavy atom. The van der Waals surface area contributed by atoms with Crippen LogP contribution in [-0.2, 0) is 7.05 Å². The van der Waals surface area contributed by atoms with E-state index in [0.717, 1.165) is 17.0 Å². The van der Waals surface area contributed by atoms with E-state index in [2.05, 4.69) is 17.1 Å². The summed E-state index contributed by atoms with van der Waals surface area (Å²) in [6.45, 7) is 0.550. The zero-order chi connectivity index (χ0) is 11.4. The number of nitrogens with zero attached hydrogens (tertiary/aromatic N) is 2. The van der Waals surface area contributed by atoms with Gasteiger partial charge in [0.1, 0.15) is 5.82 Å². The number of nitrogens with two attached hydrogens (primary N) is 1. The first kappa shape index (κ1) is 10.6. The molecule has 0 aliphatic rings. The highest BCUT2D eigenvalue weighted by Crippen LogP contribution is 2.22. The quantitative estimate of drug-likeness (QED) is 0.848. The van der Waals surface area contributed by atoms with Gasteiger partial charge >= 0.3 is 0 Å². The van der Waals surface area contributed by atoms with Crippen molar-refractivity contribution in [1.29, 1.82) is 0 Å². The molecule has 0 radical (unpaired) electrons. The van der Waals surface area contributed by atoms with Gasteiger partial charge in [-0.15, -0.1) is 0 Å². The predicted molar refractivity (Wildman–Crippen MR) is 66.7 cm³/mol. The van der Waals surface area contributed by atoms with Gasteiger partial charge in [-0.05, 0) is 5.56 Å². The van der Waals surface area contributed by atoms with E-state index in [1.807, 2.05) is 42.1 Å². The third-order valence-electron chi connectivity index (χ3n) is 2.46. The number of imidazole rings is 1. The first-order valence-corrected chi connectivity index (χ1v) is 5.26. The molecule has 1 aromatic heterocycles. The van der Waals surface area contributed by atoms with Gasteiger partial charge in [0.05, 0.1) is 0 Å². The van der Waals surface area contributed by atoms with Gasteiger partial charge in [0.15, 0.2) is 0 Å². The molecule has 3 nitrogen and oxygen atoms in total. The number of hydrogen-bond donors (Lipinski definition) is 1. The predicted octanol–water partition coefficient (Wildman–Crippen LogP) is 2.06. The maximum Gasteiger partial charge on any atom is 0.140 e. The molecule has 2 aromatic rings. The molecule has 3 heteroatoms. The van der Waals surface area contributed by atoms with E-state index in [1.54, 1.807) is 6.20 Å². The molecular weight excluding hydrogens is 198 g/mol. The Labute approximate surface area is 95.2 Å². The number of rotatable bonds is 3. The third-order valence-corrected chi connectivity index (χ3v) is 2.46. The zero-order valence-electron chi connectivity index (χ0n) is 9.30. The van der Waals surface area contributed by atoms with E-state index in [4.69, 9.17) is 5.73 Å². The molecule has 0 amide bonds. The van der Waals surface area contributed by atoms with E-state index >= 15 is 0 Å². The molecule has 0 atom stereocenters. The monoisotopic (exact) mass is 213 g/mol. The molecule has 0 aliphatic heterocycles. The van der Waals surface area contributed by atoms with Crippen molar-refractivity contribution in [3.05, 3.63) is 48.3 Å². The van der Waals surface area contributed by atoms with Crippen LogP contribution >= 0.6 is 0 Å². The van der Waals surface area contributed by atoms with E-state index < -0.39 is 0 Å². The number of aromatic nitrogens is 2. The van der Waals surface area contributed by atoms with Gasteiger partial charge in [0, 0.05) is 31.5 Å². The van der Waals surface area contributed by atoms with Crippen LogP contribution in [0.1, 0.15) is 5.56 Å². The van der Waals surface area contributed by atoms with E-state index in [0.29, 0.717) is 6.54 Å². The topological polar surface area (TPSA) is 43.8 Å². The van der Waals surface area contributed by atoms with Gasteiger partial charge in [-0.3, -0.25) is 0 Å². The molecule has 0 aliphatic carbocycles. The first-order chi connectivity index (χ1) is 7.83. The Morgan fingerprint density at radius 2 is 2.19 bits per heavy atom. The van der Waals surface area contributed by atoms with Crippen LogP contribution in [0.4, 0.5) is 0 Å². The van der Waals surface area contributed by atoms with Crippen molar-refractivity contribution in [2.45, 2.75) is 0 Å². The highest BCUT2D eigenvalue weighted by Gasteiger charge is 2.05. The standard InChI is InChI=1S/C13H15N3/c1-16-10-9-15-13(16)12-7-3-2-5-11(12)6-4-8-14/h2-7,9-10H,8,14H2,1H3/b6-4+. The van der Waals surface area contributed by atoms with Crippen LogP contribution in [0.15, 0.2) is 42.7 Å². The molecule has 1 heterocycles. The van der Waals surface area contributed by atoms with Crippen molar-refractivity contribution in [2.24, 2.45) is 12.8 Å². The van der Waals surface area contributed by atoms with Crippen LogP contribution in [0.2, 0.25) is 0 Å². The lowest BCUT2D eigenvalue weighted by Gasteiger charge is -2.05. The highest BCUT2D eigenvalue weighted by atomic mass is 15.0. The Morgan fingerprint density at radius 3 is 2.88 bits per heavy atom. The summed E-state index contributed by atoms with van der Waals surface area (Å²) >= 11 is 0. The average Bonchev–Trinajstić information content (AvgIpc) is 2.73. The smallest absolute Gasteiger partial charge is 0.140 e. The van der Waals surface area contributed by atoms with Crippen LogP contribution in [0.25, 0.3) is 17.5 Å². The fourth-order valence-corrected chi connectivity index (χ4v) is 1.67. The lowest BCUT2D eigenvalue weighted by Crippen LogP contribution is -1.95. The summed E-state index contributed by atoms with van der Waals surface area (Å²) in [5.74, 6) is 0.970. The van der Waals surface area contributed by atoms with Gasteiger partial charge < -0.3 is 10.3 Å². The molecule has 0 fully saturated rings. The highest BCUT2D eigenvalue weighted by molar-refractivity contribution is 5.71. The minimum Gasteiger partial charge on any atom is -0.334 e. The average molecular weight is 213 g/mol. The minimum atomic E-state index is 0.550. The van der Waals surface area contributed by atoms with Gasteiger partial charge in [0.25, 0.3) is 0 Å². The molecule has 82 valence electrons. The largest absolute Gasteiger partial charge is 0.334 e. The summed E-state index contributed by atoms with van der Waals surface area (Å²) in [5.41, 5.74) is 7.73. The second-order valence-corrected chi connectivity index (χ2v) is 3.59. The Hall–Kier alpha value is -1.87. The van der Waals surface area contributed by atoms with Crippen molar-refractivity contribution in [3.8, 4) is 11.4 Å². The van der Waals surface area contributed by atoms with Crippen molar-refractivity contribution in [2.75, 3.05) is 6.54 Å². The molecule has 2 N–H and O–H groups in total. The van der Waals surface area contributed by atoms with Crippen molar-refractivity contribution >= 4 is 6.08 Å². The maximum absolute atomic E-state index is 5.47. The third kappa shape index (κ3) is 2.04. The number of hydrogen-bond acceptors (Lipinski definition) is 2. The van der Waals surface area contributed by atoms with Gasteiger partial charge in [-0.2, -0.15) is 0 Å². The maximum atomic E-state index is 5.47. The summed E-state index contributed by atoms with van der Waals surface area (Å²) in [4.78, 5) is 4.35. The van der Waals surface area contributed by atoms with Crippen LogP contribution < -0.4 is 5.73 Å². The molecular formula is C13H15N3. The summed E-state index contributed by atoms with van der Waals surface area (Å²) < 4.78 is 2.01. The van der Waals surface area contributed by atoms with Crippen molar-refractivity contribution in [3.63, 3.8) is 0 Å². The van der Waals surface area contributed by atoms with Crippen LogP contribution in [0.3, 0.4) is 0 Å². The lowest BCUT2D eigenvalue weighted by molar-refractivity contribution is 0.924. The van der Waals surface area contributed by atoms with Crippen molar-refractivity contribution < 1.29 is 0 Å². The summed E-state index contributed by atoms with van der Waals surface area (Å²) in [6, 6.07) is 8.17. The molecule has 0 spiro atoms. The van der Waals surface area contributed by atoms with Crippen LogP contribution in [0, 0.1) is 0 Å². The summed E-state index contributed by atoms with van der Waals surface area (Å²) in [5, 5.41) is 0. The Bertz CT molecular complexity index is 497. The molecule has 0 saturated carbocycles. The number of benzene rings is 1. The first-order valence-electron chi connectivity index (χ1n) is 5.26. The molecule has 0 saturated heterocycles. The molecule has 0 unspecified atom stereocenters. The summed E-state index contributed by atoms with van der Waals surface area (Å²) in [7, 11) is 1.99. The molecule has 0 bridgehead atoms. The van der Waals surface area contributed by atoms with Crippen LogP contribution in [0.5, 0.6) is 0 Å². The van der Waals surface area contributed by atoms with Gasteiger partial charge in [-0.1, -0.05) is 36.4 Å². The zero-order valence-corrected chi connectivity index (χ0v) is 9.30. The fraction of sp³-hybridized carbons (Fsp3) is 0.154. The van der Waals surface area contributed by atoms with Gasteiger partial charge in [0.2, 0.25) is 0 Å². The number of aryl methyl sites for hydroxylation is 1. The molecule has 1 aromatic carbocycles. The van der Waals surface area contributed by atoms with Gasteiger partial charge in [-0.25, -0.2) is 4.98 Å². The molecule has 2 rings (SSSR count). The normalized spacial score (nSPS) is 11.1. The lowest BCUT2D eigenvalue weighted by atomic mass is 10.1.